The Labute approximate surface area is 653 Å². The van der Waals surface area contributed by atoms with Gasteiger partial charge in [0.2, 0.25) is 5.91 Å². The normalized spacial score (nSPS) is 26.0. The van der Waals surface area contributed by atoms with E-state index in [0.29, 0.717) is 12.8 Å². The Bertz CT molecular complexity index is 2380. The first-order chi connectivity index (χ1) is 52.8. The largest absolute Gasteiger partial charge is 0.394 e. The van der Waals surface area contributed by atoms with E-state index >= 15 is 0 Å². The van der Waals surface area contributed by atoms with Gasteiger partial charge in [0.05, 0.1) is 38.6 Å². The lowest BCUT2D eigenvalue weighted by Crippen LogP contribution is -2.66. The molecule has 3 saturated heterocycles. The molecule has 0 bridgehead atoms. The van der Waals surface area contributed by atoms with Gasteiger partial charge in [0.1, 0.15) is 73.2 Å². The summed E-state index contributed by atoms with van der Waals surface area (Å²) in [5, 5.41) is 121. The van der Waals surface area contributed by atoms with Gasteiger partial charge < -0.3 is 89.9 Å². The van der Waals surface area contributed by atoms with Crippen molar-refractivity contribution in [3.63, 3.8) is 0 Å². The van der Waals surface area contributed by atoms with Crippen LogP contribution in [0.4, 0.5) is 0 Å². The molecule has 1 amide bonds. The van der Waals surface area contributed by atoms with E-state index in [1.807, 2.05) is 0 Å². The van der Waals surface area contributed by atoms with Gasteiger partial charge in [-0.3, -0.25) is 4.79 Å². The van der Waals surface area contributed by atoms with E-state index in [0.717, 1.165) is 128 Å². The quantitative estimate of drug-likeness (QED) is 0.0199. The highest BCUT2D eigenvalue weighted by molar-refractivity contribution is 5.76. The van der Waals surface area contributed by atoms with E-state index < -0.39 is 124 Å². The lowest BCUT2D eigenvalue weighted by molar-refractivity contribution is -0.379. The molecule has 3 heterocycles. The van der Waals surface area contributed by atoms with Gasteiger partial charge in [-0.15, -0.1) is 0 Å². The van der Waals surface area contributed by atoms with Gasteiger partial charge in [-0.05, 0) is 83.5 Å². The fourth-order valence-corrected chi connectivity index (χ4v) is 14.0. The molecule has 0 aromatic heterocycles. The van der Waals surface area contributed by atoms with Crippen molar-refractivity contribution >= 4 is 5.91 Å². The summed E-state index contributed by atoms with van der Waals surface area (Å²) >= 11 is 0. The van der Waals surface area contributed by atoms with Crippen LogP contribution in [-0.4, -0.2) is 193 Å². The molecule has 12 N–H and O–H groups in total. The maximum Gasteiger partial charge on any atom is 0.220 e. The Kier molecular flexibility index (Phi) is 62.0. The maximum atomic E-state index is 13.5. The first-order valence-corrected chi connectivity index (χ1v) is 43.1. The Morgan fingerprint density at radius 3 is 1.00 bits per heavy atom. The molecule has 0 saturated carbocycles. The highest BCUT2D eigenvalue weighted by Crippen LogP contribution is 2.33. The smallest absolute Gasteiger partial charge is 0.220 e. The Balaban J connectivity index is 1.36. The number of aliphatic hydroxyl groups excluding tert-OH is 11. The molecule has 17 unspecified atom stereocenters. The Morgan fingerprint density at radius 1 is 0.343 bits per heavy atom. The summed E-state index contributed by atoms with van der Waals surface area (Å²) in [6, 6.07) is -0.904. The van der Waals surface area contributed by atoms with Crippen molar-refractivity contribution in [2.75, 3.05) is 26.4 Å². The van der Waals surface area contributed by atoms with Crippen molar-refractivity contribution < 1.29 is 89.4 Å². The minimum absolute atomic E-state index is 0.247. The van der Waals surface area contributed by atoms with Gasteiger partial charge in [0.15, 0.2) is 18.9 Å². The Morgan fingerprint density at radius 2 is 0.639 bits per heavy atom. The molecule has 0 radical (unpaired) electrons. The summed E-state index contributed by atoms with van der Waals surface area (Å²) in [7, 11) is 0. The predicted octanol–water partition coefficient (Wildman–Crippen LogP) is 15.7. The highest BCUT2D eigenvalue weighted by Gasteiger charge is 2.54. The standard InChI is InChI=1S/C89H155NO18/c1-3-5-7-9-11-13-15-17-19-21-23-25-27-29-31-33-34-35-36-37-38-39-41-43-45-47-49-51-53-55-57-59-61-63-65-67-77(95)90-72(73(94)66-64-62-60-58-56-54-52-50-48-46-44-42-40-32-30-28-26-24-22-20-18-16-14-12-10-8-6-4-2)71-103-87-83(101)80(98)85(75(69-92)105-87)108-89-84(102)81(99)86(76(70-93)106-89)107-88-82(100)79(97)78(96)74(68-91)104-88/h5,7,11,13,17,19,23,25,29,31,34-35,37-38,41,43,47,49,72-76,78-89,91-94,96-102H,3-4,6,8-10,12,14-16,18,20-22,24,26-28,30,32-33,36,39-40,42,44-46,48,50-71H2,1-2H3,(H,90,95)/b7-5-,13-11-,19-17-,25-23-,31-29-,35-34-,38-37-,43-41-,49-47-. The third-order valence-electron chi connectivity index (χ3n) is 20.9. The van der Waals surface area contributed by atoms with Crippen molar-refractivity contribution in [3.8, 4) is 0 Å². The summed E-state index contributed by atoms with van der Waals surface area (Å²) in [5.74, 6) is -0.255. The molecule has 0 spiro atoms. The number of carbonyl (C=O) groups excluding carboxylic acids is 1. The molecule has 3 rings (SSSR count). The zero-order valence-corrected chi connectivity index (χ0v) is 67.0. The van der Waals surface area contributed by atoms with Crippen LogP contribution >= 0.6 is 0 Å². The molecular weight excluding hydrogens is 1370 g/mol. The van der Waals surface area contributed by atoms with Crippen molar-refractivity contribution in [1.82, 2.24) is 5.32 Å². The highest BCUT2D eigenvalue weighted by atomic mass is 16.8. The van der Waals surface area contributed by atoms with Crippen LogP contribution in [0.25, 0.3) is 0 Å². The van der Waals surface area contributed by atoms with Crippen LogP contribution in [0.1, 0.15) is 316 Å². The third-order valence-corrected chi connectivity index (χ3v) is 20.9. The van der Waals surface area contributed by atoms with Crippen LogP contribution in [0, 0.1) is 0 Å². The van der Waals surface area contributed by atoms with Crippen LogP contribution in [0.5, 0.6) is 0 Å². The van der Waals surface area contributed by atoms with E-state index in [9.17, 15) is 61.0 Å². The maximum absolute atomic E-state index is 13.5. The number of amides is 1. The molecule has 0 aliphatic carbocycles. The molecule has 17 atom stereocenters. The van der Waals surface area contributed by atoms with Crippen LogP contribution in [0.15, 0.2) is 109 Å². The summed E-state index contributed by atoms with van der Waals surface area (Å²) in [6.07, 6.45) is 67.4. The molecule has 3 aliphatic rings. The molecule has 19 heteroatoms. The van der Waals surface area contributed by atoms with Gasteiger partial charge in [-0.2, -0.15) is 0 Å². The molecule has 0 aromatic rings. The van der Waals surface area contributed by atoms with Crippen molar-refractivity contribution in [2.24, 2.45) is 0 Å². The third kappa shape index (κ3) is 46.6. The van der Waals surface area contributed by atoms with Crippen molar-refractivity contribution in [1.29, 1.82) is 0 Å². The number of rotatable bonds is 68. The van der Waals surface area contributed by atoms with E-state index in [4.69, 9.17) is 28.4 Å². The van der Waals surface area contributed by atoms with Gasteiger partial charge >= 0.3 is 0 Å². The van der Waals surface area contributed by atoms with Crippen LogP contribution in [-0.2, 0) is 33.2 Å². The lowest BCUT2D eigenvalue weighted by Gasteiger charge is -2.48. The van der Waals surface area contributed by atoms with Gasteiger partial charge in [0.25, 0.3) is 0 Å². The summed E-state index contributed by atoms with van der Waals surface area (Å²) in [5.41, 5.74) is 0. The van der Waals surface area contributed by atoms with Gasteiger partial charge in [0, 0.05) is 6.42 Å². The fraction of sp³-hybridized carbons (Fsp3) is 0.787. The second-order valence-corrected chi connectivity index (χ2v) is 30.3. The van der Waals surface area contributed by atoms with Crippen molar-refractivity contribution in [3.05, 3.63) is 109 Å². The molecule has 0 aromatic carbocycles. The first kappa shape index (κ1) is 98.6. The average molecular weight is 1530 g/mol. The predicted molar refractivity (Wildman–Crippen MR) is 434 cm³/mol. The minimum atomic E-state index is -1.98. The number of hydrogen-bond acceptors (Lipinski definition) is 18. The zero-order valence-electron chi connectivity index (χ0n) is 67.0. The average Bonchev–Trinajstić information content (AvgIpc) is 0.774. The van der Waals surface area contributed by atoms with Gasteiger partial charge in [-0.1, -0.05) is 335 Å². The summed E-state index contributed by atoms with van der Waals surface area (Å²) in [4.78, 5) is 13.5. The molecule has 108 heavy (non-hydrogen) atoms. The second kappa shape index (κ2) is 67.9. The second-order valence-electron chi connectivity index (χ2n) is 30.3. The molecule has 624 valence electrons. The summed E-state index contributed by atoms with van der Waals surface area (Å²) in [6.45, 7) is 1.71. The summed E-state index contributed by atoms with van der Waals surface area (Å²) < 4.78 is 34.6. The number of hydrogen-bond donors (Lipinski definition) is 12. The zero-order chi connectivity index (χ0) is 78.1. The lowest BCUT2D eigenvalue weighted by atomic mass is 9.96. The number of nitrogens with one attached hydrogen (secondary N) is 1. The monoisotopic (exact) mass is 1530 g/mol. The van der Waals surface area contributed by atoms with Crippen LogP contribution < -0.4 is 5.32 Å². The van der Waals surface area contributed by atoms with Gasteiger partial charge in [-0.25, -0.2) is 0 Å². The van der Waals surface area contributed by atoms with E-state index in [2.05, 4.69) is 129 Å². The fourth-order valence-electron chi connectivity index (χ4n) is 14.0. The SMILES string of the molecule is CC/C=C\C/C=C\C/C=C\C/C=C\C/C=C\C/C=C\C/C=C\C/C=C\C/C=C\CCCCCCCCCC(=O)NC(COC1OC(CO)C(OC2OC(CO)C(OC3OC(CO)C(O)C(O)C3O)C(O)C2O)C(O)C1O)C(O)CCCCCCCCCCCCCCCCCCCCCCCCCCCCCC. The first-order valence-electron chi connectivity index (χ1n) is 43.1. The number of allylic oxidation sites excluding steroid dienone is 18. The van der Waals surface area contributed by atoms with Crippen molar-refractivity contribution in [2.45, 2.75) is 420 Å². The molecular formula is C89H155NO18. The number of ether oxygens (including phenoxy) is 6. The minimum Gasteiger partial charge on any atom is -0.394 e. The number of aliphatic hydroxyl groups is 11. The van der Waals surface area contributed by atoms with E-state index in [1.165, 1.54) is 154 Å². The van der Waals surface area contributed by atoms with E-state index in [1.54, 1.807) is 0 Å². The molecule has 3 fully saturated rings. The topological polar surface area (TPSA) is 307 Å². The molecule has 3 aliphatic heterocycles. The van der Waals surface area contributed by atoms with E-state index in [-0.39, 0.29) is 18.9 Å². The number of unbranched alkanes of at least 4 members (excludes halogenated alkanes) is 34. The molecule has 19 nitrogen and oxygen atoms in total. The number of carbonyl (C=O) groups is 1. The van der Waals surface area contributed by atoms with Crippen LogP contribution in [0.3, 0.4) is 0 Å². The Hall–Kier alpha value is -3.55. The van der Waals surface area contributed by atoms with Crippen LogP contribution in [0.2, 0.25) is 0 Å².